The Hall–Kier alpha value is -2.95. The number of aromatic amines is 1. The number of aliphatic carboxylic acids is 1. The number of H-pyrrole nitrogens is 1. The highest BCUT2D eigenvalue weighted by Crippen LogP contribution is 2.23. The van der Waals surface area contributed by atoms with Gasteiger partial charge in [-0.3, -0.25) is 9.59 Å². The molecule has 0 fully saturated rings. The summed E-state index contributed by atoms with van der Waals surface area (Å²) < 4.78 is 13.9. The van der Waals surface area contributed by atoms with Crippen molar-refractivity contribution in [1.82, 2.24) is 4.98 Å². The largest absolute Gasteiger partial charge is 0.481 e. The number of halogens is 1. The first-order valence-electron chi connectivity index (χ1n) is 6.68. The van der Waals surface area contributed by atoms with Crippen molar-refractivity contribution in [3.05, 3.63) is 70.1 Å². The molecule has 0 amide bonds. The lowest BCUT2D eigenvalue weighted by molar-refractivity contribution is -0.136. The first kappa shape index (κ1) is 14.0. The minimum atomic E-state index is -0.996. The molecule has 0 spiro atoms. The second-order valence-electron chi connectivity index (χ2n) is 4.94. The molecule has 22 heavy (non-hydrogen) atoms. The Bertz CT molecular complexity index is 931. The molecule has 0 aliphatic carbocycles. The average molecular weight is 297 g/mol. The summed E-state index contributed by atoms with van der Waals surface area (Å²) in [5.74, 6) is -1.45. The number of hydrogen-bond acceptors (Lipinski definition) is 2. The van der Waals surface area contributed by atoms with E-state index in [9.17, 15) is 14.0 Å². The van der Waals surface area contributed by atoms with Crippen LogP contribution in [0.4, 0.5) is 4.39 Å². The Kier molecular flexibility index (Phi) is 3.47. The quantitative estimate of drug-likeness (QED) is 0.781. The summed E-state index contributed by atoms with van der Waals surface area (Å²) in [6, 6.07) is 12.3. The van der Waals surface area contributed by atoms with E-state index in [4.69, 9.17) is 5.11 Å². The van der Waals surface area contributed by atoms with Crippen LogP contribution in [-0.4, -0.2) is 16.1 Å². The van der Waals surface area contributed by atoms with Crippen molar-refractivity contribution < 1.29 is 14.3 Å². The summed E-state index contributed by atoms with van der Waals surface area (Å²) >= 11 is 0. The third-order valence-corrected chi connectivity index (χ3v) is 3.46. The molecule has 5 heteroatoms. The third-order valence-electron chi connectivity index (χ3n) is 3.46. The van der Waals surface area contributed by atoms with Crippen LogP contribution in [0.3, 0.4) is 0 Å². The second kappa shape index (κ2) is 5.44. The molecule has 3 aromatic rings. The van der Waals surface area contributed by atoms with Gasteiger partial charge in [-0.1, -0.05) is 24.3 Å². The summed E-state index contributed by atoms with van der Waals surface area (Å²) in [7, 11) is 0. The molecule has 0 atom stereocenters. The number of hydrogen-bond donors (Lipinski definition) is 2. The molecule has 1 heterocycles. The molecule has 0 unspecified atom stereocenters. The molecule has 110 valence electrons. The normalized spacial score (nSPS) is 10.8. The zero-order valence-corrected chi connectivity index (χ0v) is 11.5. The Morgan fingerprint density at radius 2 is 1.91 bits per heavy atom. The van der Waals surface area contributed by atoms with E-state index in [1.807, 2.05) is 0 Å². The number of fused-ring (bicyclic) bond motifs is 1. The van der Waals surface area contributed by atoms with Gasteiger partial charge in [0, 0.05) is 17.0 Å². The lowest BCUT2D eigenvalue weighted by Gasteiger charge is -2.08. The minimum absolute atomic E-state index is 0.214. The highest BCUT2D eigenvalue weighted by atomic mass is 19.1. The van der Waals surface area contributed by atoms with E-state index in [1.54, 1.807) is 36.4 Å². The number of nitrogens with one attached hydrogen (secondary N) is 1. The average Bonchev–Trinajstić information content (AvgIpc) is 2.48. The van der Waals surface area contributed by atoms with Gasteiger partial charge in [-0.15, -0.1) is 0 Å². The van der Waals surface area contributed by atoms with Crippen molar-refractivity contribution in [2.75, 3.05) is 0 Å². The Morgan fingerprint density at radius 3 is 2.64 bits per heavy atom. The Balaban J connectivity index is 2.29. The molecule has 4 nitrogen and oxygen atoms in total. The van der Waals surface area contributed by atoms with Crippen LogP contribution in [-0.2, 0) is 11.2 Å². The third kappa shape index (κ3) is 2.48. The van der Waals surface area contributed by atoms with Gasteiger partial charge in [0.2, 0.25) is 0 Å². The zero-order valence-electron chi connectivity index (χ0n) is 11.5. The number of carboxylic acids is 1. The van der Waals surface area contributed by atoms with Crippen LogP contribution in [0, 0.1) is 5.82 Å². The lowest BCUT2D eigenvalue weighted by atomic mass is 10.0. The van der Waals surface area contributed by atoms with Crippen LogP contribution in [0.1, 0.15) is 5.56 Å². The van der Waals surface area contributed by atoms with E-state index < -0.39 is 11.8 Å². The van der Waals surface area contributed by atoms with E-state index >= 15 is 0 Å². The molecular weight excluding hydrogens is 285 g/mol. The van der Waals surface area contributed by atoms with Gasteiger partial charge < -0.3 is 10.1 Å². The molecule has 0 radical (unpaired) electrons. The smallest absolute Gasteiger partial charge is 0.307 e. The van der Waals surface area contributed by atoms with E-state index in [0.29, 0.717) is 22.2 Å². The standard InChI is InChI=1S/C17H12FNO3/c18-13-7-2-1-5-11(13)14-9-15(20)12-6-3-4-10(8-16(21)22)17(12)19-14/h1-7,9H,8H2,(H,19,20)(H,21,22). The Labute approximate surface area is 124 Å². The molecule has 0 aliphatic rings. The summed E-state index contributed by atoms with van der Waals surface area (Å²) in [6.07, 6.45) is -0.214. The SMILES string of the molecule is O=C(O)Cc1cccc2c(=O)cc(-c3ccccc3F)[nH]c12. The maximum atomic E-state index is 13.9. The molecule has 2 N–H and O–H groups in total. The van der Waals surface area contributed by atoms with E-state index in [-0.39, 0.29) is 17.4 Å². The van der Waals surface area contributed by atoms with Crippen molar-refractivity contribution in [1.29, 1.82) is 0 Å². The number of aromatic nitrogens is 1. The van der Waals surface area contributed by atoms with Crippen LogP contribution < -0.4 is 5.43 Å². The fourth-order valence-corrected chi connectivity index (χ4v) is 2.47. The molecule has 0 saturated heterocycles. The fraction of sp³-hybridized carbons (Fsp3) is 0.0588. The van der Waals surface area contributed by atoms with Crippen LogP contribution in [0.5, 0.6) is 0 Å². The molecule has 0 bridgehead atoms. The first-order valence-corrected chi connectivity index (χ1v) is 6.68. The van der Waals surface area contributed by atoms with Crippen molar-refractivity contribution >= 4 is 16.9 Å². The van der Waals surface area contributed by atoms with Crippen LogP contribution in [0.15, 0.2) is 53.3 Å². The lowest BCUT2D eigenvalue weighted by Crippen LogP contribution is -2.07. The topological polar surface area (TPSA) is 70.2 Å². The van der Waals surface area contributed by atoms with Gasteiger partial charge in [0.25, 0.3) is 0 Å². The van der Waals surface area contributed by atoms with Crippen LogP contribution in [0.25, 0.3) is 22.2 Å². The molecule has 0 saturated carbocycles. The fourth-order valence-electron chi connectivity index (χ4n) is 2.47. The van der Waals surface area contributed by atoms with Gasteiger partial charge in [-0.2, -0.15) is 0 Å². The van der Waals surface area contributed by atoms with E-state index in [1.165, 1.54) is 12.1 Å². The first-order chi connectivity index (χ1) is 10.6. The maximum absolute atomic E-state index is 13.9. The van der Waals surface area contributed by atoms with Gasteiger partial charge in [0.05, 0.1) is 17.6 Å². The number of rotatable bonds is 3. The second-order valence-corrected chi connectivity index (χ2v) is 4.94. The summed E-state index contributed by atoms with van der Waals surface area (Å²) in [6.45, 7) is 0. The highest BCUT2D eigenvalue weighted by Gasteiger charge is 2.11. The Morgan fingerprint density at radius 1 is 1.14 bits per heavy atom. The molecule has 2 aromatic carbocycles. The number of pyridine rings is 1. The monoisotopic (exact) mass is 297 g/mol. The zero-order chi connectivity index (χ0) is 15.7. The van der Waals surface area contributed by atoms with E-state index in [0.717, 1.165) is 0 Å². The van der Waals surface area contributed by atoms with Gasteiger partial charge in [0.1, 0.15) is 5.82 Å². The van der Waals surface area contributed by atoms with Crippen molar-refractivity contribution in [3.63, 3.8) is 0 Å². The molecule has 1 aromatic heterocycles. The predicted octanol–water partition coefficient (Wildman–Crippen LogP) is 2.96. The maximum Gasteiger partial charge on any atom is 0.307 e. The molecule has 0 aliphatic heterocycles. The predicted molar refractivity (Wildman–Crippen MR) is 81.3 cm³/mol. The summed E-state index contributed by atoms with van der Waals surface area (Å²) in [5.41, 5.74) is 1.23. The molecule has 3 rings (SSSR count). The van der Waals surface area contributed by atoms with Gasteiger partial charge in [-0.25, -0.2) is 4.39 Å². The van der Waals surface area contributed by atoms with Crippen molar-refractivity contribution in [2.45, 2.75) is 6.42 Å². The highest BCUT2D eigenvalue weighted by molar-refractivity contribution is 5.87. The number of carbonyl (C=O) groups is 1. The number of para-hydroxylation sites is 1. The molecular formula is C17H12FNO3. The van der Waals surface area contributed by atoms with Gasteiger partial charge in [-0.05, 0) is 23.8 Å². The van der Waals surface area contributed by atoms with Gasteiger partial charge >= 0.3 is 5.97 Å². The van der Waals surface area contributed by atoms with Crippen LogP contribution >= 0.6 is 0 Å². The minimum Gasteiger partial charge on any atom is -0.481 e. The van der Waals surface area contributed by atoms with Crippen LogP contribution in [0.2, 0.25) is 0 Å². The summed E-state index contributed by atoms with van der Waals surface area (Å²) in [5, 5.41) is 9.36. The van der Waals surface area contributed by atoms with Gasteiger partial charge in [0.15, 0.2) is 5.43 Å². The summed E-state index contributed by atoms with van der Waals surface area (Å²) in [4.78, 5) is 26.2. The van der Waals surface area contributed by atoms with Crippen molar-refractivity contribution in [2.24, 2.45) is 0 Å². The number of carboxylic acid groups (broad SMARTS) is 1. The van der Waals surface area contributed by atoms with E-state index in [2.05, 4.69) is 4.98 Å². The van der Waals surface area contributed by atoms with Crippen molar-refractivity contribution in [3.8, 4) is 11.3 Å². The number of benzene rings is 2.